The first-order valence-electron chi connectivity index (χ1n) is 4.96. The zero-order valence-electron chi connectivity index (χ0n) is 9.38. The molecule has 1 aromatic carbocycles. The van der Waals surface area contributed by atoms with Crippen molar-refractivity contribution in [3.63, 3.8) is 0 Å². The van der Waals surface area contributed by atoms with Crippen LogP contribution in [0.2, 0.25) is 0 Å². The van der Waals surface area contributed by atoms with Crippen molar-refractivity contribution in [1.29, 1.82) is 0 Å². The van der Waals surface area contributed by atoms with Crippen molar-refractivity contribution in [3.05, 3.63) is 27.8 Å². The Balaban J connectivity index is 2.65. The van der Waals surface area contributed by atoms with Gasteiger partial charge >= 0.3 is 6.18 Å². The SMILES string of the molecule is C[C@@](O)(CC(=O)Nc1ccc(I)cc1)C(F)(F)F. The highest BCUT2D eigenvalue weighted by Gasteiger charge is 2.50. The Morgan fingerprint density at radius 2 is 1.83 bits per heavy atom. The third-order valence-corrected chi connectivity index (χ3v) is 2.96. The summed E-state index contributed by atoms with van der Waals surface area (Å²) < 4.78 is 38.0. The summed E-state index contributed by atoms with van der Waals surface area (Å²) in [7, 11) is 0. The van der Waals surface area contributed by atoms with Gasteiger partial charge in [0.15, 0.2) is 5.60 Å². The fourth-order valence-electron chi connectivity index (χ4n) is 1.15. The zero-order valence-corrected chi connectivity index (χ0v) is 11.5. The smallest absolute Gasteiger partial charge is 0.380 e. The van der Waals surface area contributed by atoms with Crippen molar-refractivity contribution in [2.24, 2.45) is 0 Å². The van der Waals surface area contributed by atoms with Crippen molar-refractivity contribution in [3.8, 4) is 0 Å². The summed E-state index contributed by atoms with van der Waals surface area (Å²) in [6.45, 7) is 0.570. The number of nitrogens with one attached hydrogen (secondary N) is 1. The lowest BCUT2D eigenvalue weighted by Crippen LogP contribution is -2.44. The van der Waals surface area contributed by atoms with Gasteiger partial charge in [0.05, 0.1) is 6.42 Å². The number of carbonyl (C=O) groups is 1. The minimum absolute atomic E-state index is 0.387. The van der Waals surface area contributed by atoms with Crippen molar-refractivity contribution < 1.29 is 23.1 Å². The molecule has 18 heavy (non-hydrogen) atoms. The van der Waals surface area contributed by atoms with E-state index in [-0.39, 0.29) is 0 Å². The predicted molar refractivity (Wildman–Crippen MR) is 69.1 cm³/mol. The number of hydrogen-bond acceptors (Lipinski definition) is 2. The van der Waals surface area contributed by atoms with Gasteiger partial charge in [-0.05, 0) is 53.8 Å². The van der Waals surface area contributed by atoms with Gasteiger partial charge in [0.2, 0.25) is 5.91 Å². The van der Waals surface area contributed by atoms with Crippen LogP contribution in [0.5, 0.6) is 0 Å². The van der Waals surface area contributed by atoms with Gasteiger partial charge in [-0.25, -0.2) is 0 Å². The highest BCUT2D eigenvalue weighted by atomic mass is 127. The van der Waals surface area contributed by atoms with Crippen LogP contribution in [0.4, 0.5) is 18.9 Å². The van der Waals surface area contributed by atoms with Crippen LogP contribution in [-0.2, 0) is 4.79 Å². The van der Waals surface area contributed by atoms with E-state index >= 15 is 0 Å². The molecule has 0 unspecified atom stereocenters. The maximum Gasteiger partial charge on any atom is 0.417 e. The van der Waals surface area contributed by atoms with Crippen LogP contribution >= 0.6 is 22.6 Å². The molecule has 0 fully saturated rings. The molecule has 0 aromatic heterocycles. The second-order valence-electron chi connectivity index (χ2n) is 4.00. The molecule has 0 saturated carbocycles. The standard InChI is InChI=1S/C11H11F3INO2/c1-10(18,11(12,13)14)6-9(17)16-8-4-2-7(15)3-5-8/h2-5,18H,6H2,1H3,(H,16,17)/t10-/m1/s1. The molecule has 0 saturated heterocycles. The lowest BCUT2D eigenvalue weighted by atomic mass is 10.0. The number of rotatable bonds is 3. The molecule has 1 rings (SSSR count). The van der Waals surface area contributed by atoms with Crippen molar-refractivity contribution in [2.45, 2.75) is 25.1 Å². The second kappa shape index (κ2) is 5.43. The third kappa shape index (κ3) is 4.13. The molecule has 100 valence electrons. The molecule has 0 aliphatic carbocycles. The number of halogens is 4. The number of anilines is 1. The molecule has 0 aliphatic rings. The molecule has 0 aliphatic heterocycles. The van der Waals surface area contributed by atoms with E-state index in [1.165, 1.54) is 0 Å². The zero-order chi connectivity index (χ0) is 14.0. The van der Waals surface area contributed by atoms with Gasteiger partial charge < -0.3 is 10.4 Å². The van der Waals surface area contributed by atoms with Crippen LogP contribution in [-0.4, -0.2) is 22.8 Å². The molecule has 0 spiro atoms. The van der Waals surface area contributed by atoms with Crippen LogP contribution in [0.25, 0.3) is 0 Å². The van der Waals surface area contributed by atoms with E-state index in [9.17, 15) is 18.0 Å². The Morgan fingerprint density at radius 1 is 1.33 bits per heavy atom. The molecule has 1 aromatic rings. The van der Waals surface area contributed by atoms with Gasteiger partial charge in [0.25, 0.3) is 0 Å². The summed E-state index contributed by atoms with van der Waals surface area (Å²) in [5.74, 6) is -0.890. The monoisotopic (exact) mass is 373 g/mol. The molecule has 2 N–H and O–H groups in total. The number of amides is 1. The molecule has 3 nitrogen and oxygen atoms in total. The quantitative estimate of drug-likeness (QED) is 0.801. The van der Waals surface area contributed by atoms with Crippen LogP contribution in [0.1, 0.15) is 13.3 Å². The van der Waals surface area contributed by atoms with Gasteiger partial charge in [0.1, 0.15) is 0 Å². The molecule has 0 heterocycles. The summed E-state index contributed by atoms with van der Waals surface area (Å²) in [4.78, 5) is 11.4. The number of alkyl halides is 3. The van der Waals surface area contributed by atoms with Gasteiger partial charge in [-0.3, -0.25) is 4.79 Å². The predicted octanol–water partition coefficient (Wildman–Crippen LogP) is 2.93. The Hall–Kier alpha value is -0.830. The highest BCUT2D eigenvalue weighted by molar-refractivity contribution is 14.1. The Kier molecular flexibility index (Phi) is 4.60. The van der Waals surface area contributed by atoms with Crippen molar-refractivity contribution in [1.82, 2.24) is 0 Å². The van der Waals surface area contributed by atoms with E-state index in [1.54, 1.807) is 24.3 Å². The van der Waals surface area contributed by atoms with Crippen LogP contribution < -0.4 is 5.32 Å². The van der Waals surface area contributed by atoms with Gasteiger partial charge in [-0.15, -0.1) is 0 Å². The first kappa shape index (κ1) is 15.2. The minimum atomic E-state index is -4.84. The number of benzene rings is 1. The minimum Gasteiger partial charge on any atom is -0.380 e. The number of aliphatic hydroxyl groups is 1. The second-order valence-corrected chi connectivity index (χ2v) is 5.25. The molecule has 1 amide bonds. The molecular weight excluding hydrogens is 362 g/mol. The fraction of sp³-hybridized carbons (Fsp3) is 0.364. The number of carbonyl (C=O) groups excluding carboxylic acids is 1. The number of hydrogen-bond donors (Lipinski definition) is 2. The molecular formula is C11H11F3INO2. The van der Waals surface area contributed by atoms with Crippen LogP contribution in [0.15, 0.2) is 24.3 Å². The average Bonchev–Trinajstić information content (AvgIpc) is 2.19. The first-order valence-corrected chi connectivity index (χ1v) is 6.04. The Labute approximate surface area is 116 Å². The fourth-order valence-corrected chi connectivity index (χ4v) is 1.51. The Bertz CT molecular complexity index is 429. The normalized spacial score (nSPS) is 15.0. The summed E-state index contributed by atoms with van der Waals surface area (Å²) in [5.41, 5.74) is -2.64. The average molecular weight is 373 g/mol. The van der Waals surface area contributed by atoms with Gasteiger partial charge in [-0.2, -0.15) is 13.2 Å². The van der Waals surface area contributed by atoms with Crippen molar-refractivity contribution >= 4 is 34.2 Å². The van der Waals surface area contributed by atoms with E-state index < -0.39 is 24.1 Å². The topological polar surface area (TPSA) is 49.3 Å². The van der Waals surface area contributed by atoms with Crippen LogP contribution in [0.3, 0.4) is 0 Å². The maximum atomic E-state index is 12.4. The van der Waals surface area contributed by atoms with E-state index in [4.69, 9.17) is 5.11 Å². The summed E-state index contributed by atoms with van der Waals surface area (Å²) in [6, 6.07) is 6.56. The summed E-state index contributed by atoms with van der Waals surface area (Å²) in [6.07, 6.45) is -5.88. The van der Waals surface area contributed by atoms with E-state index in [0.717, 1.165) is 3.57 Å². The lowest BCUT2D eigenvalue weighted by Gasteiger charge is -2.25. The van der Waals surface area contributed by atoms with Gasteiger partial charge in [-0.1, -0.05) is 0 Å². The lowest BCUT2D eigenvalue weighted by molar-refractivity contribution is -0.252. The van der Waals surface area contributed by atoms with Crippen LogP contribution in [0, 0.1) is 3.57 Å². The molecule has 0 radical (unpaired) electrons. The van der Waals surface area contributed by atoms with Gasteiger partial charge in [0, 0.05) is 9.26 Å². The highest BCUT2D eigenvalue weighted by Crippen LogP contribution is 2.32. The van der Waals surface area contributed by atoms with Crippen molar-refractivity contribution in [2.75, 3.05) is 5.32 Å². The first-order chi connectivity index (χ1) is 8.12. The maximum absolute atomic E-state index is 12.4. The largest absolute Gasteiger partial charge is 0.417 e. The van der Waals surface area contributed by atoms with E-state index in [1.807, 2.05) is 0 Å². The Morgan fingerprint density at radius 3 is 2.28 bits per heavy atom. The third-order valence-electron chi connectivity index (χ3n) is 2.24. The summed E-state index contributed by atoms with van der Waals surface area (Å²) >= 11 is 2.06. The summed E-state index contributed by atoms with van der Waals surface area (Å²) in [5, 5.41) is 11.5. The van der Waals surface area contributed by atoms with E-state index in [0.29, 0.717) is 12.6 Å². The molecule has 1 atom stereocenters. The molecule has 7 heteroatoms. The molecule has 0 bridgehead atoms. The van der Waals surface area contributed by atoms with E-state index in [2.05, 4.69) is 27.9 Å².